The predicted molar refractivity (Wildman–Crippen MR) is 54.7 cm³/mol. The molecule has 0 fully saturated rings. The van der Waals surface area contributed by atoms with Gasteiger partial charge in [0.25, 0.3) is 0 Å². The van der Waals surface area contributed by atoms with Crippen molar-refractivity contribution in [1.29, 1.82) is 0 Å². The summed E-state index contributed by atoms with van der Waals surface area (Å²) in [6.45, 7) is 0.285. The van der Waals surface area contributed by atoms with E-state index in [-0.39, 0.29) is 6.67 Å². The first-order valence-electron chi connectivity index (χ1n) is 4.58. The Morgan fingerprint density at radius 3 is 3.07 bits per heavy atom. The normalized spacial score (nSPS) is 10.9. The summed E-state index contributed by atoms with van der Waals surface area (Å²) in [6.07, 6.45) is 2.26. The molecule has 0 aliphatic heterocycles. The molecule has 2 N–H and O–H groups in total. The maximum absolute atomic E-state index is 12.0. The zero-order chi connectivity index (χ0) is 9.97. The molecule has 0 saturated carbocycles. The number of nitrogen functional groups attached to an aromatic ring is 1. The van der Waals surface area contributed by atoms with Gasteiger partial charge in [0.2, 0.25) is 0 Å². The van der Waals surface area contributed by atoms with Crippen molar-refractivity contribution in [3.8, 4) is 0 Å². The van der Waals surface area contributed by atoms with Crippen molar-refractivity contribution in [2.24, 2.45) is 0 Å². The summed E-state index contributed by atoms with van der Waals surface area (Å²) in [5.74, 6) is 0. The topological polar surface area (TPSA) is 43.8 Å². The van der Waals surface area contributed by atoms with E-state index in [1.54, 1.807) is 10.9 Å². The van der Waals surface area contributed by atoms with E-state index in [1.165, 1.54) is 0 Å². The molecule has 14 heavy (non-hydrogen) atoms. The molecule has 0 bridgehead atoms. The Hall–Kier alpha value is -1.58. The Bertz CT molecular complexity index is 436. The zero-order valence-electron chi connectivity index (χ0n) is 7.78. The fourth-order valence-electron chi connectivity index (χ4n) is 1.48. The lowest BCUT2D eigenvalue weighted by Crippen LogP contribution is -2.00. The van der Waals surface area contributed by atoms with Crippen LogP contribution in [0, 0.1) is 0 Å². The average Bonchev–Trinajstić information content (AvgIpc) is 2.57. The number of hydrogen-bond acceptors (Lipinski definition) is 2. The van der Waals surface area contributed by atoms with Gasteiger partial charge in [0, 0.05) is 17.6 Å². The molecular weight excluding hydrogens is 181 g/mol. The molecule has 4 heteroatoms. The van der Waals surface area contributed by atoms with Gasteiger partial charge in [0.05, 0.1) is 18.4 Å². The van der Waals surface area contributed by atoms with Crippen LogP contribution in [-0.4, -0.2) is 16.5 Å². The lowest BCUT2D eigenvalue weighted by atomic mass is 10.2. The molecule has 0 aliphatic carbocycles. The van der Waals surface area contributed by atoms with Crippen LogP contribution in [0.2, 0.25) is 0 Å². The minimum atomic E-state index is -0.316. The molecule has 3 nitrogen and oxygen atoms in total. The lowest BCUT2D eigenvalue weighted by Gasteiger charge is -2.01. The highest BCUT2D eigenvalue weighted by molar-refractivity contribution is 5.81. The number of rotatable bonds is 3. The fraction of sp³-hybridized carbons (Fsp3) is 0.300. The molecule has 1 heterocycles. The van der Waals surface area contributed by atoms with Crippen LogP contribution in [0.3, 0.4) is 0 Å². The zero-order valence-corrected chi connectivity index (χ0v) is 7.78. The van der Waals surface area contributed by atoms with Crippen LogP contribution in [0.25, 0.3) is 10.9 Å². The van der Waals surface area contributed by atoms with Gasteiger partial charge in [-0.25, -0.2) is 0 Å². The maximum atomic E-state index is 12.0. The second-order valence-electron chi connectivity index (χ2n) is 3.23. The van der Waals surface area contributed by atoms with Gasteiger partial charge in [0.15, 0.2) is 0 Å². The van der Waals surface area contributed by atoms with E-state index in [0.717, 1.165) is 10.9 Å². The third-order valence-corrected chi connectivity index (χ3v) is 2.17. The standard InChI is InChI=1S/C10H12FN3/c11-4-1-5-14-10-6-9(12)3-2-8(10)7-13-14/h2-3,6-7H,1,4-5,12H2. The number of alkyl halides is 1. The quantitative estimate of drug-likeness (QED) is 0.757. The smallest absolute Gasteiger partial charge is 0.0912 e. The summed E-state index contributed by atoms with van der Waals surface area (Å²) >= 11 is 0. The number of nitrogens with zero attached hydrogens (tertiary/aromatic N) is 2. The Balaban J connectivity index is 2.40. The first kappa shape index (κ1) is 8.99. The Morgan fingerprint density at radius 2 is 2.29 bits per heavy atom. The minimum Gasteiger partial charge on any atom is -0.399 e. The van der Waals surface area contributed by atoms with Crippen molar-refractivity contribution in [2.75, 3.05) is 12.4 Å². The molecule has 0 aliphatic rings. The molecule has 2 rings (SSSR count). The Morgan fingerprint density at radius 1 is 1.43 bits per heavy atom. The van der Waals surface area contributed by atoms with E-state index in [9.17, 15) is 4.39 Å². The van der Waals surface area contributed by atoms with E-state index in [4.69, 9.17) is 5.73 Å². The summed E-state index contributed by atoms with van der Waals surface area (Å²) in [6, 6.07) is 5.62. The Kier molecular flexibility index (Phi) is 2.35. The summed E-state index contributed by atoms with van der Waals surface area (Å²) in [5, 5.41) is 5.21. The average molecular weight is 193 g/mol. The van der Waals surface area contributed by atoms with Crippen LogP contribution >= 0.6 is 0 Å². The van der Waals surface area contributed by atoms with Crippen LogP contribution in [0.15, 0.2) is 24.4 Å². The first-order chi connectivity index (χ1) is 6.81. The summed E-state index contributed by atoms with van der Waals surface area (Å²) in [5.41, 5.74) is 7.34. The third kappa shape index (κ3) is 1.55. The van der Waals surface area contributed by atoms with Gasteiger partial charge in [-0.2, -0.15) is 5.10 Å². The number of hydrogen-bond donors (Lipinski definition) is 1. The van der Waals surface area contributed by atoms with Gasteiger partial charge in [-0.15, -0.1) is 0 Å². The molecule has 0 amide bonds. The molecule has 0 unspecified atom stereocenters. The van der Waals surface area contributed by atoms with Crippen molar-refractivity contribution >= 4 is 16.6 Å². The second kappa shape index (κ2) is 3.65. The van der Waals surface area contributed by atoms with Crippen molar-refractivity contribution in [3.05, 3.63) is 24.4 Å². The predicted octanol–water partition coefficient (Wildman–Crippen LogP) is 1.98. The largest absolute Gasteiger partial charge is 0.399 e. The highest BCUT2D eigenvalue weighted by Crippen LogP contribution is 2.17. The van der Waals surface area contributed by atoms with E-state index in [2.05, 4.69) is 5.10 Å². The van der Waals surface area contributed by atoms with Crippen LogP contribution in [-0.2, 0) is 6.54 Å². The van der Waals surface area contributed by atoms with E-state index < -0.39 is 0 Å². The molecule has 0 radical (unpaired) electrons. The number of benzene rings is 1. The number of aryl methyl sites for hydroxylation is 1. The van der Waals surface area contributed by atoms with Gasteiger partial charge in [0.1, 0.15) is 0 Å². The van der Waals surface area contributed by atoms with Crippen LogP contribution < -0.4 is 5.73 Å². The van der Waals surface area contributed by atoms with E-state index in [1.807, 2.05) is 18.2 Å². The second-order valence-corrected chi connectivity index (χ2v) is 3.23. The van der Waals surface area contributed by atoms with Crippen LogP contribution in [0.5, 0.6) is 0 Å². The number of halogens is 1. The maximum Gasteiger partial charge on any atom is 0.0912 e. The van der Waals surface area contributed by atoms with Crippen molar-refractivity contribution < 1.29 is 4.39 Å². The SMILES string of the molecule is Nc1ccc2cnn(CCCF)c2c1. The molecule has 0 spiro atoms. The lowest BCUT2D eigenvalue weighted by molar-refractivity contribution is 0.439. The monoisotopic (exact) mass is 193 g/mol. The molecular formula is C10H12FN3. The molecule has 2 aromatic rings. The molecule has 1 aromatic carbocycles. The summed E-state index contributed by atoms with van der Waals surface area (Å²) < 4.78 is 13.8. The van der Waals surface area contributed by atoms with Crippen molar-refractivity contribution in [1.82, 2.24) is 9.78 Å². The minimum absolute atomic E-state index is 0.316. The molecule has 0 saturated heterocycles. The van der Waals surface area contributed by atoms with E-state index >= 15 is 0 Å². The molecule has 74 valence electrons. The Labute approximate surface area is 81.3 Å². The van der Waals surface area contributed by atoms with Gasteiger partial charge >= 0.3 is 0 Å². The highest BCUT2D eigenvalue weighted by Gasteiger charge is 2.01. The van der Waals surface area contributed by atoms with Gasteiger partial charge < -0.3 is 5.73 Å². The number of nitrogens with two attached hydrogens (primary N) is 1. The number of aromatic nitrogens is 2. The number of anilines is 1. The third-order valence-electron chi connectivity index (χ3n) is 2.17. The fourth-order valence-corrected chi connectivity index (χ4v) is 1.48. The van der Waals surface area contributed by atoms with Gasteiger partial charge in [-0.3, -0.25) is 9.07 Å². The molecule has 0 atom stereocenters. The van der Waals surface area contributed by atoms with Crippen LogP contribution in [0.4, 0.5) is 10.1 Å². The van der Waals surface area contributed by atoms with Crippen LogP contribution in [0.1, 0.15) is 6.42 Å². The van der Waals surface area contributed by atoms with Gasteiger partial charge in [-0.1, -0.05) is 0 Å². The highest BCUT2D eigenvalue weighted by atomic mass is 19.1. The molecule has 1 aromatic heterocycles. The van der Waals surface area contributed by atoms with E-state index in [0.29, 0.717) is 18.7 Å². The summed E-state index contributed by atoms with van der Waals surface area (Å²) in [4.78, 5) is 0. The summed E-state index contributed by atoms with van der Waals surface area (Å²) in [7, 11) is 0. The van der Waals surface area contributed by atoms with Crippen molar-refractivity contribution in [3.63, 3.8) is 0 Å². The van der Waals surface area contributed by atoms with Crippen molar-refractivity contribution in [2.45, 2.75) is 13.0 Å². The first-order valence-corrected chi connectivity index (χ1v) is 4.58. The van der Waals surface area contributed by atoms with Gasteiger partial charge in [-0.05, 0) is 24.6 Å². The number of fused-ring (bicyclic) bond motifs is 1.